The Bertz CT molecular complexity index is 417. The van der Waals surface area contributed by atoms with Gasteiger partial charge in [-0.25, -0.2) is 0 Å². The van der Waals surface area contributed by atoms with E-state index in [2.05, 4.69) is 48.3 Å². The summed E-state index contributed by atoms with van der Waals surface area (Å²) in [7, 11) is 0. The van der Waals surface area contributed by atoms with E-state index in [9.17, 15) is 5.11 Å². The Morgan fingerprint density at radius 3 is 2.33 bits per heavy atom. The number of anilines is 1. The lowest BCUT2D eigenvalue weighted by Gasteiger charge is -2.37. The first-order chi connectivity index (χ1) is 10.1. The molecule has 1 heterocycles. The van der Waals surface area contributed by atoms with Gasteiger partial charge in [0.05, 0.1) is 5.60 Å². The number of hydrogen-bond acceptors (Lipinski definition) is 3. The number of rotatable bonds is 6. The Balaban J connectivity index is 1.98. The third-order valence-corrected chi connectivity index (χ3v) is 4.55. The second-order valence-electron chi connectivity index (χ2n) is 6.49. The molecular weight excluding hydrogens is 260 g/mol. The molecule has 0 radical (unpaired) electrons. The van der Waals surface area contributed by atoms with E-state index in [0.29, 0.717) is 6.04 Å². The summed E-state index contributed by atoms with van der Waals surface area (Å²) in [5.41, 5.74) is 2.17. The summed E-state index contributed by atoms with van der Waals surface area (Å²) in [5.74, 6) is 0. The third-order valence-electron chi connectivity index (χ3n) is 4.55. The van der Waals surface area contributed by atoms with Crippen LogP contribution in [0.3, 0.4) is 0 Å². The molecule has 0 aliphatic carbocycles. The first-order valence-electron chi connectivity index (χ1n) is 8.36. The van der Waals surface area contributed by atoms with Crippen molar-refractivity contribution in [1.82, 2.24) is 5.32 Å². The zero-order valence-corrected chi connectivity index (χ0v) is 13.7. The molecule has 2 rings (SSSR count). The SMILES string of the molecule is CCCNC(CC)c1ccc(N2CCC(C)(O)CC2)cc1. The van der Waals surface area contributed by atoms with Crippen LogP contribution in [0.2, 0.25) is 0 Å². The van der Waals surface area contributed by atoms with Crippen molar-refractivity contribution in [2.24, 2.45) is 0 Å². The van der Waals surface area contributed by atoms with Gasteiger partial charge in [-0.15, -0.1) is 0 Å². The molecule has 118 valence electrons. The van der Waals surface area contributed by atoms with Crippen molar-refractivity contribution in [2.45, 2.75) is 58.1 Å². The van der Waals surface area contributed by atoms with Crippen LogP contribution in [0, 0.1) is 0 Å². The lowest BCUT2D eigenvalue weighted by atomic mass is 9.93. The van der Waals surface area contributed by atoms with E-state index >= 15 is 0 Å². The van der Waals surface area contributed by atoms with Crippen molar-refractivity contribution in [3.63, 3.8) is 0 Å². The molecule has 3 nitrogen and oxygen atoms in total. The zero-order valence-electron chi connectivity index (χ0n) is 13.7. The highest BCUT2D eigenvalue weighted by atomic mass is 16.3. The van der Waals surface area contributed by atoms with E-state index in [1.807, 2.05) is 6.92 Å². The van der Waals surface area contributed by atoms with Crippen molar-refractivity contribution in [2.75, 3.05) is 24.5 Å². The molecule has 0 amide bonds. The predicted octanol–water partition coefficient (Wildman–Crippen LogP) is 3.49. The van der Waals surface area contributed by atoms with Gasteiger partial charge in [0, 0.05) is 24.8 Å². The molecular formula is C18H30N2O. The fourth-order valence-corrected chi connectivity index (χ4v) is 2.98. The van der Waals surface area contributed by atoms with E-state index in [0.717, 1.165) is 38.9 Å². The molecule has 1 aliphatic rings. The maximum Gasteiger partial charge on any atom is 0.0653 e. The van der Waals surface area contributed by atoms with Crippen molar-refractivity contribution in [3.05, 3.63) is 29.8 Å². The highest BCUT2D eigenvalue weighted by molar-refractivity contribution is 5.48. The lowest BCUT2D eigenvalue weighted by molar-refractivity contribution is 0.0351. The Hall–Kier alpha value is -1.06. The monoisotopic (exact) mass is 290 g/mol. The Morgan fingerprint density at radius 2 is 1.81 bits per heavy atom. The van der Waals surface area contributed by atoms with Gasteiger partial charge in [-0.2, -0.15) is 0 Å². The summed E-state index contributed by atoms with van der Waals surface area (Å²) in [6.07, 6.45) is 3.99. The minimum atomic E-state index is -0.478. The molecule has 1 aromatic carbocycles. The minimum absolute atomic E-state index is 0.459. The van der Waals surface area contributed by atoms with Crippen LogP contribution < -0.4 is 10.2 Å². The van der Waals surface area contributed by atoms with Gasteiger partial charge >= 0.3 is 0 Å². The summed E-state index contributed by atoms with van der Waals surface area (Å²) in [6, 6.07) is 9.41. The fraction of sp³-hybridized carbons (Fsp3) is 0.667. The molecule has 1 unspecified atom stereocenters. The second kappa shape index (κ2) is 7.28. The van der Waals surface area contributed by atoms with Crippen LogP contribution in [0.25, 0.3) is 0 Å². The summed E-state index contributed by atoms with van der Waals surface area (Å²) in [6.45, 7) is 9.33. The second-order valence-corrected chi connectivity index (χ2v) is 6.49. The Labute approximate surface area is 129 Å². The number of nitrogens with one attached hydrogen (secondary N) is 1. The quantitative estimate of drug-likeness (QED) is 0.842. The Kier molecular flexibility index (Phi) is 5.65. The summed E-state index contributed by atoms with van der Waals surface area (Å²) >= 11 is 0. The van der Waals surface area contributed by atoms with Crippen LogP contribution >= 0.6 is 0 Å². The predicted molar refractivity (Wildman–Crippen MR) is 89.8 cm³/mol. The topological polar surface area (TPSA) is 35.5 Å². The third kappa shape index (κ3) is 4.45. The molecule has 2 N–H and O–H groups in total. The van der Waals surface area contributed by atoms with E-state index in [-0.39, 0.29) is 0 Å². The molecule has 0 aromatic heterocycles. The molecule has 1 fully saturated rings. The van der Waals surface area contributed by atoms with Crippen molar-refractivity contribution >= 4 is 5.69 Å². The molecule has 21 heavy (non-hydrogen) atoms. The van der Waals surface area contributed by atoms with Crippen LogP contribution in [0.1, 0.15) is 58.1 Å². The van der Waals surface area contributed by atoms with Gasteiger partial charge in [-0.1, -0.05) is 26.0 Å². The minimum Gasteiger partial charge on any atom is -0.390 e. The van der Waals surface area contributed by atoms with E-state index in [1.54, 1.807) is 0 Å². The number of piperidine rings is 1. The zero-order chi connectivity index (χ0) is 15.3. The highest BCUT2D eigenvalue weighted by Crippen LogP contribution is 2.27. The van der Waals surface area contributed by atoms with E-state index < -0.39 is 5.60 Å². The number of benzene rings is 1. The number of hydrogen-bond donors (Lipinski definition) is 2. The average Bonchev–Trinajstić information content (AvgIpc) is 2.49. The van der Waals surface area contributed by atoms with Gasteiger partial charge in [0.25, 0.3) is 0 Å². The Morgan fingerprint density at radius 1 is 1.19 bits per heavy atom. The standard InChI is InChI=1S/C18H30N2O/c1-4-12-19-17(5-2)15-6-8-16(9-7-15)20-13-10-18(3,21)11-14-20/h6-9,17,19,21H,4-5,10-14H2,1-3H3. The number of aliphatic hydroxyl groups is 1. The van der Waals surface area contributed by atoms with Gasteiger partial charge in [0.15, 0.2) is 0 Å². The van der Waals surface area contributed by atoms with Gasteiger partial charge < -0.3 is 15.3 Å². The van der Waals surface area contributed by atoms with Crippen LogP contribution in [0.5, 0.6) is 0 Å². The van der Waals surface area contributed by atoms with Gasteiger partial charge in [0.1, 0.15) is 0 Å². The molecule has 1 saturated heterocycles. The summed E-state index contributed by atoms with van der Waals surface area (Å²) < 4.78 is 0. The van der Waals surface area contributed by atoms with Crippen LogP contribution in [-0.2, 0) is 0 Å². The number of nitrogens with zero attached hydrogens (tertiary/aromatic N) is 1. The largest absolute Gasteiger partial charge is 0.390 e. The fourth-order valence-electron chi connectivity index (χ4n) is 2.98. The summed E-state index contributed by atoms with van der Waals surface area (Å²) in [4.78, 5) is 2.38. The first kappa shape index (κ1) is 16.3. The highest BCUT2D eigenvalue weighted by Gasteiger charge is 2.27. The smallest absolute Gasteiger partial charge is 0.0653 e. The lowest BCUT2D eigenvalue weighted by Crippen LogP contribution is -2.42. The molecule has 1 atom stereocenters. The van der Waals surface area contributed by atoms with Crippen molar-refractivity contribution < 1.29 is 5.11 Å². The van der Waals surface area contributed by atoms with Crippen molar-refractivity contribution in [3.8, 4) is 0 Å². The molecule has 3 heteroatoms. The average molecular weight is 290 g/mol. The van der Waals surface area contributed by atoms with Gasteiger partial charge in [-0.3, -0.25) is 0 Å². The molecule has 0 bridgehead atoms. The van der Waals surface area contributed by atoms with Crippen LogP contribution in [0.15, 0.2) is 24.3 Å². The van der Waals surface area contributed by atoms with Gasteiger partial charge in [-0.05, 0) is 56.8 Å². The van der Waals surface area contributed by atoms with Crippen LogP contribution in [0.4, 0.5) is 5.69 Å². The van der Waals surface area contributed by atoms with Crippen molar-refractivity contribution in [1.29, 1.82) is 0 Å². The molecule has 0 spiro atoms. The molecule has 1 aromatic rings. The summed E-state index contributed by atoms with van der Waals surface area (Å²) in [5, 5.41) is 13.6. The first-order valence-corrected chi connectivity index (χ1v) is 8.36. The molecule has 0 saturated carbocycles. The maximum absolute atomic E-state index is 10.0. The van der Waals surface area contributed by atoms with E-state index in [4.69, 9.17) is 0 Å². The maximum atomic E-state index is 10.0. The van der Waals surface area contributed by atoms with E-state index in [1.165, 1.54) is 17.7 Å². The normalized spacial score (nSPS) is 19.5. The van der Waals surface area contributed by atoms with Crippen LogP contribution in [-0.4, -0.2) is 30.3 Å². The van der Waals surface area contributed by atoms with Gasteiger partial charge in [0.2, 0.25) is 0 Å². The molecule has 1 aliphatic heterocycles.